The monoisotopic (exact) mass is 369 g/mol. The zero-order valence-corrected chi connectivity index (χ0v) is 14.5. The molecular weight excluding hydrogens is 354 g/mol. The van der Waals surface area contributed by atoms with Crippen molar-refractivity contribution < 1.29 is 18.1 Å². The molecule has 0 saturated carbocycles. The number of sulfone groups is 1. The predicted molar refractivity (Wildman–Crippen MR) is 92.2 cm³/mol. The second kappa shape index (κ2) is 6.97. The molecule has 0 aliphatic rings. The molecule has 0 saturated heterocycles. The fourth-order valence-electron chi connectivity index (χ4n) is 1.95. The fraction of sp³-hybridized carbons (Fsp3) is 0.214. The van der Waals surface area contributed by atoms with Gasteiger partial charge in [0.2, 0.25) is 5.91 Å². The van der Waals surface area contributed by atoms with Crippen LogP contribution in [-0.4, -0.2) is 25.5 Å². The molecule has 10 heteroatoms. The number of thiophene rings is 1. The maximum atomic E-state index is 11.6. The van der Waals surface area contributed by atoms with E-state index in [4.69, 9.17) is 0 Å². The number of nitrogens with one attached hydrogen (secondary N) is 2. The summed E-state index contributed by atoms with van der Waals surface area (Å²) in [4.78, 5) is 21.5. The number of hydrogen-bond acceptors (Lipinski definition) is 7. The van der Waals surface area contributed by atoms with Gasteiger partial charge >= 0.3 is 5.69 Å². The van der Waals surface area contributed by atoms with E-state index in [1.54, 1.807) is 24.3 Å². The van der Waals surface area contributed by atoms with Crippen LogP contribution in [0.2, 0.25) is 0 Å². The summed E-state index contributed by atoms with van der Waals surface area (Å²) in [7, 11) is -3.51. The molecule has 0 unspecified atom stereocenters. The molecule has 1 aromatic carbocycles. The highest BCUT2D eigenvalue weighted by atomic mass is 32.2. The Morgan fingerprint density at radius 1 is 1.33 bits per heavy atom. The quantitative estimate of drug-likeness (QED) is 0.597. The predicted octanol–water partition coefficient (Wildman–Crippen LogP) is 2.63. The van der Waals surface area contributed by atoms with E-state index in [-0.39, 0.29) is 27.3 Å². The Bertz CT molecular complexity index is 890. The summed E-state index contributed by atoms with van der Waals surface area (Å²) < 4.78 is 23.1. The van der Waals surface area contributed by atoms with Gasteiger partial charge < -0.3 is 10.6 Å². The lowest BCUT2D eigenvalue weighted by atomic mass is 10.2. The molecule has 2 aromatic rings. The molecule has 1 aromatic heterocycles. The highest BCUT2D eigenvalue weighted by Gasteiger charge is 2.23. The Morgan fingerprint density at radius 2 is 2.04 bits per heavy atom. The second-order valence-electron chi connectivity index (χ2n) is 5.04. The van der Waals surface area contributed by atoms with Gasteiger partial charge in [0.05, 0.1) is 4.92 Å². The Hall–Kier alpha value is -2.46. The minimum absolute atomic E-state index is 0.0660. The van der Waals surface area contributed by atoms with Crippen molar-refractivity contribution in [3.8, 4) is 0 Å². The van der Waals surface area contributed by atoms with Crippen LogP contribution in [0.3, 0.4) is 0 Å². The van der Waals surface area contributed by atoms with Crippen molar-refractivity contribution >= 4 is 43.5 Å². The SMILES string of the molecule is CC(=O)Nc1cccc(CNc2sc(S(C)(=O)=O)cc2[N+](=O)[O-])c1. The smallest absolute Gasteiger partial charge is 0.304 e. The van der Waals surface area contributed by atoms with Gasteiger partial charge in [-0.25, -0.2) is 8.42 Å². The highest BCUT2D eigenvalue weighted by molar-refractivity contribution is 7.92. The van der Waals surface area contributed by atoms with Gasteiger partial charge in [0.15, 0.2) is 14.8 Å². The van der Waals surface area contributed by atoms with Crippen LogP contribution >= 0.6 is 11.3 Å². The van der Waals surface area contributed by atoms with Gasteiger partial charge in [-0.05, 0) is 17.7 Å². The summed E-state index contributed by atoms with van der Waals surface area (Å²) in [6.45, 7) is 1.64. The molecule has 0 aliphatic heterocycles. The lowest BCUT2D eigenvalue weighted by Crippen LogP contribution is -2.06. The molecule has 1 heterocycles. The first-order valence-corrected chi connectivity index (χ1v) is 9.46. The lowest BCUT2D eigenvalue weighted by Gasteiger charge is -2.07. The van der Waals surface area contributed by atoms with Crippen molar-refractivity contribution in [2.24, 2.45) is 0 Å². The third-order valence-corrected chi connectivity index (χ3v) is 5.84. The van der Waals surface area contributed by atoms with Gasteiger partial charge in [0.25, 0.3) is 0 Å². The number of amides is 1. The number of anilines is 2. The van der Waals surface area contributed by atoms with Crippen LogP contribution in [0.15, 0.2) is 34.5 Å². The number of carbonyl (C=O) groups excluding carboxylic acids is 1. The summed E-state index contributed by atoms with van der Waals surface area (Å²) in [6, 6.07) is 8.03. The Kier molecular flexibility index (Phi) is 5.20. The van der Waals surface area contributed by atoms with E-state index in [2.05, 4.69) is 10.6 Å². The number of hydrogen-bond donors (Lipinski definition) is 2. The number of nitro groups is 1. The van der Waals surface area contributed by atoms with Crippen molar-refractivity contribution in [1.82, 2.24) is 0 Å². The van der Waals surface area contributed by atoms with Crippen LogP contribution in [0, 0.1) is 10.1 Å². The topological polar surface area (TPSA) is 118 Å². The summed E-state index contributed by atoms with van der Waals surface area (Å²) in [6.07, 6.45) is 1.00. The first-order chi connectivity index (χ1) is 11.2. The Labute approximate surface area is 142 Å². The summed E-state index contributed by atoms with van der Waals surface area (Å²) >= 11 is 0.818. The molecule has 0 radical (unpaired) electrons. The van der Waals surface area contributed by atoms with E-state index in [1.165, 1.54) is 6.92 Å². The van der Waals surface area contributed by atoms with Crippen molar-refractivity contribution in [3.63, 3.8) is 0 Å². The molecule has 0 atom stereocenters. The molecular formula is C14H15N3O5S2. The maximum absolute atomic E-state index is 11.6. The first kappa shape index (κ1) is 17.9. The molecule has 2 rings (SSSR count). The zero-order chi connectivity index (χ0) is 17.9. The van der Waals surface area contributed by atoms with Crippen LogP contribution in [0.1, 0.15) is 12.5 Å². The van der Waals surface area contributed by atoms with Crippen LogP contribution in [-0.2, 0) is 21.2 Å². The van der Waals surface area contributed by atoms with E-state index in [0.717, 1.165) is 29.2 Å². The molecule has 0 aliphatic carbocycles. The standard InChI is InChI=1S/C14H15N3O5S2/c1-9(18)16-11-5-3-4-10(6-11)8-15-14-12(17(19)20)7-13(23-14)24(2,21)22/h3-7,15H,8H2,1-2H3,(H,16,18). The van der Waals surface area contributed by atoms with Crippen LogP contribution in [0.5, 0.6) is 0 Å². The third kappa shape index (κ3) is 4.52. The van der Waals surface area contributed by atoms with Crippen LogP contribution in [0.25, 0.3) is 0 Å². The average molecular weight is 369 g/mol. The molecule has 1 amide bonds. The van der Waals surface area contributed by atoms with E-state index in [1.807, 2.05) is 0 Å². The third-order valence-electron chi connectivity index (χ3n) is 2.95. The van der Waals surface area contributed by atoms with Crippen molar-refractivity contribution in [2.75, 3.05) is 16.9 Å². The van der Waals surface area contributed by atoms with E-state index >= 15 is 0 Å². The largest absolute Gasteiger partial charge is 0.367 e. The van der Waals surface area contributed by atoms with E-state index in [9.17, 15) is 23.3 Å². The van der Waals surface area contributed by atoms with E-state index in [0.29, 0.717) is 5.69 Å². The molecule has 2 N–H and O–H groups in total. The molecule has 24 heavy (non-hydrogen) atoms. The van der Waals surface area contributed by atoms with Gasteiger partial charge in [-0.3, -0.25) is 14.9 Å². The van der Waals surface area contributed by atoms with Crippen molar-refractivity contribution in [2.45, 2.75) is 17.7 Å². The maximum Gasteiger partial charge on any atom is 0.304 e. The molecule has 128 valence electrons. The second-order valence-corrected chi connectivity index (χ2v) is 8.34. The molecule has 8 nitrogen and oxygen atoms in total. The Morgan fingerprint density at radius 3 is 2.62 bits per heavy atom. The summed E-state index contributed by atoms with van der Waals surface area (Å²) in [5.41, 5.74) is 1.11. The molecule has 0 fully saturated rings. The van der Waals surface area contributed by atoms with Gasteiger partial charge in [-0.15, -0.1) is 0 Å². The van der Waals surface area contributed by atoms with Crippen LogP contribution < -0.4 is 10.6 Å². The summed E-state index contributed by atoms with van der Waals surface area (Å²) in [5, 5.41) is 16.8. The zero-order valence-electron chi connectivity index (χ0n) is 12.9. The molecule has 0 spiro atoms. The van der Waals surface area contributed by atoms with Gasteiger partial charge in [-0.1, -0.05) is 23.5 Å². The van der Waals surface area contributed by atoms with E-state index < -0.39 is 14.8 Å². The first-order valence-electron chi connectivity index (χ1n) is 6.75. The number of benzene rings is 1. The normalized spacial score (nSPS) is 11.1. The van der Waals surface area contributed by atoms with Crippen molar-refractivity contribution in [3.05, 3.63) is 46.0 Å². The minimum Gasteiger partial charge on any atom is -0.367 e. The molecule has 0 bridgehead atoms. The van der Waals surface area contributed by atoms with Gasteiger partial charge in [-0.2, -0.15) is 0 Å². The summed E-state index contributed by atoms with van der Waals surface area (Å²) in [5.74, 6) is -0.202. The minimum atomic E-state index is -3.51. The van der Waals surface area contributed by atoms with Crippen molar-refractivity contribution in [1.29, 1.82) is 0 Å². The number of rotatable bonds is 6. The van der Waals surface area contributed by atoms with Gasteiger partial charge in [0.1, 0.15) is 4.21 Å². The highest BCUT2D eigenvalue weighted by Crippen LogP contribution is 2.37. The fourth-order valence-corrected chi connectivity index (χ4v) is 3.88. The lowest BCUT2D eigenvalue weighted by molar-refractivity contribution is -0.383. The Balaban J connectivity index is 2.21. The van der Waals surface area contributed by atoms with Gasteiger partial charge in [0, 0.05) is 31.5 Å². The number of carbonyl (C=O) groups is 1. The van der Waals surface area contributed by atoms with Crippen LogP contribution in [0.4, 0.5) is 16.4 Å². The number of nitrogens with zero attached hydrogens (tertiary/aromatic N) is 1. The average Bonchev–Trinajstić information content (AvgIpc) is 2.89.